The van der Waals surface area contributed by atoms with Crippen LogP contribution in [-0.4, -0.2) is 37.0 Å². The zero-order valence-corrected chi connectivity index (χ0v) is 12.8. The van der Waals surface area contributed by atoms with Crippen LogP contribution in [0.2, 0.25) is 0 Å². The summed E-state index contributed by atoms with van der Waals surface area (Å²) in [7, 11) is 1.23. The lowest BCUT2D eigenvalue weighted by atomic mass is 9.63. The van der Waals surface area contributed by atoms with Gasteiger partial charge in [-0.05, 0) is 12.3 Å². The molecule has 0 aromatic rings. The fourth-order valence-electron chi connectivity index (χ4n) is 2.60. The Morgan fingerprint density at radius 3 is 2.62 bits per heavy atom. The van der Waals surface area contributed by atoms with Gasteiger partial charge in [-0.3, -0.25) is 14.4 Å². The maximum Gasteiger partial charge on any atom is 0.316 e. The standard InChI is InChI=1S/C15H21NO5/c1-6-7-21-16-9(2)11-10(17)8-15(3,4)12(13(11)18)14(19)20-5/h6,11-12H,1,7-8H2,2-5H3/b16-9+. The number of nitrogens with zero attached hydrogens (tertiary/aromatic N) is 1. The number of esters is 1. The van der Waals surface area contributed by atoms with Gasteiger partial charge in [0.05, 0.1) is 12.8 Å². The first-order valence-corrected chi connectivity index (χ1v) is 6.68. The number of carbonyl (C=O) groups is 3. The van der Waals surface area contributed by atoms with Gasteiger partial charge in [-0.2, -0.15) is 0 Å². The number of ketones is 2. The van der Waals surface area contributed by atoms with Gasteiger partial charge in [0.25, 0.3) is 0 Å². The number of methoxy groups -OCH3 is 1. The topological polar surface area (TPSA) is 82.0 Å². The number of ether oxygens (including phenoxy) is 1. The minimum Gasteiger partial charge on any atom is -0.468 e. The van der Waals surface area contributed by atoms with Crippen molar-refractivity contribution in [2.45, 2.75) is 27.2 Å². The Kier molecular flexibility index (Phi) is 5.41. The highest BCUT2D eigenvalue weighted by Crippen LogP contribution is 2.40. The Hall–Kier alpha value is -1.98. The summed E-state index contributed by atoms with van der Waals surface area (Å²) in [5, 5.41) is 3.76. The van der Waals surface area contributed by atoms with Crippen LogP contribution < -0.4 is 0 Å². The summed E-state index contributed by atoms with van der Waals surface area (Å²) in [5.74, 6) is -3.39. The molecule has 2 unspecified atom stereocenters. The predicted octanol–water partition coefficient (Wildman–Crippen LogP) is 1.54. The van der Waals surface area contributed by atoms with Crippen molar-refractivity contribution in [1.29, 1.82) is 0 Å². The summed E-state index contributed by atoms with van der Waals surface area (Å²) in [4.78, 5) is 41.6. The maximum atomic E-state index is 12.5. The quantitative estimate of drug-likeness (QED) is 0.192. The van der Waals surface area contributed by atoms with Gasteiger partial charge in [0.1, 0.15) is 24.2 Å². The molecule has 116 valence electrons. The molecular formula is C15H21NO5. The molecule has 0 amide bonds. The largest absolute Gasteiger partial charge is 0.468 e. The number of hydrogen-bond donors (Lipinski definition) is 0. The summed E-state index contributed by atoms with van der Waals surface area (Å²) < 4.78 is 4.70. The van der Waals surface area contributed by atoms with E-state index >= 15 is 0 Å². The third-order valence-electron chi connectivity index (χ3n) is 3.56. The molecule has 1 aliphatic carbocycles. The smallest absolute Gasteiger partial charge is 0.316 e. The van der Waals surface area contributed by atoms with Gasteiger partial charge in [-0.15, -0.1) is 0 Å². The van der Waals surface area contributed by atoms with Crippen LogP contribution in [0.15, 0.2) is 17.8 Å². The maximum absolute atomic E-state index is 12.5. The third-order valence-corrected chi connectivity index (χ3v) is 3.56. The van der Waals surface area contributed by atoms with E-state index in [4.69, 9.17) is 9.57 Å². The molecule has 1 aliphatic rings. The van der Waals surface area contributed by atoms with Crippen molar-refractivity contribution in [3.8, 4) is 0 Å². The normalized spacial score (nSPS) is 25.4. The van der Waals surface area contributed by atoms with E-state index < -0.39 is 29.0 Å². The minimum atomic E-state index is -1.05. The van der Waals surface area contributed by atoms with E-state index in [-0.39, 0.29) is 24.5 Å². The van der Waals surface area contributed by atoms with Crippen LogP contribution in [0.5, 0.6) is 0 Å². The molecule has 1 rings (SSSR count). The van der Waals surface area contributed by atoms with Gasteiger partial charge in [-0.25, -0.2) is 0 Å². The molecular weight excluding hydrogens is 274 g/mol. The number of oxime groups is 1. The zero-order chi connectivity index (χ0) is 16.2. The first-order valence-electron chi connectivity index (χ1n) is 6.68. The molecule has 6 heteroatoms. The molecule has 0 aliphatic heterocycles. The molecule has 21 heavy (non-hydrogen) atoms. The van der Waals surface area contributed by atoms with E-state index in [1.54, 1.807) is 13.8 Å². The molecule has 0 radical (unpaired) electrons. The summed E-state index contributed by atoms with van der Waals surface area (Å²) in [5.41, 5.74) is -0.517. The van der Waals surface area contributed by atoms with Crippen molar-refractivity contribution in [2.75, 3.05) is 13.7 Å². The second kappa shape index (κ2) is 6.65. The lowest BCUT2D eigenvalue weighted by Gasteiger charge is -2.37. The lowest BCUT2D eigenvalue weighted by molar-refractivity contribution is -0.159. The zero-order valence-electron chi connectivity index (χ0n) is 12.8. The van der Waals surface area contributed by atoms with Crippen molar-refractivity contribution >= 4 is 23.2 Å². The average molecular weight is 295 g/mol. The Morgan fingerprint density at radius 2 is 2.10 bits per heavy atom. The molecule has 0 saturated heterocycles. The van der Waals surface area contributed by atoms with Crippen LogP contribution in [0, 0.1) is 17.3 Å². The van der Waals surface area contributed by atoms with Gasteiger partial charge >= 0.3 is 5.97 Å². The van der Waals surface area contributed by atoms with Crippen LogP contribution in [0.3, 0.4) is 0 Å². The molecule has 1 fully saturated rings. The highest BCUT2D eigenvalue weighted by atomic mass is 16.6. The molecule has 2 atom stereocenters. The van der Waals surface area contributed by atoms with E-state index in [1.807, 2.05) is 0 Å². The Balaban J connectivity index is 3.09. The van der Waals surface area contributed by atoms with Gasteiger partial charge in [0, 0.05) is 6.42 Å². The van der Waals surface area contributed by atoms with E-state index in [0.29, 0.717) is 0 Å². The monoisotopic (exact) mass is 295 g/mol. The summed E-state index contributed by atoms with van der Waals surface area (Å²) in [6, 6.07) is 0. The fourth-order valence-corrected chi connectivity index (χ4v) is 2.60. The number of Topliss-reactive ketones (excluding diaryl/α,β-unsaturated/α-hetero) is 2. The van der Waals surface area contributed by atoms with Crippen LogP contribution >= 0.6 is 0 Å². The van der Waals surface area contributed by atoms with Crippen LogP contribution in [0.25, 0.3) is 0 Å². The average Bonchev–Trinajstić information content (AvgIpc) is 2.36. The van der Waals surface area contributed by atoms with Gasteiger partial charge in [0.2, 0.25) is 0 Å². The van der Waals surface area contributed by atoms with Gasteiger partial charge in [-0.1, -0.05) is 31.7 Å². The van der Waals surface area contributed by atoms with Crippen molar-refractivity contribution in [2.24, 2.45) is 22.4 Å². The Morgan fingerprint density at radius 1 is 1.48 bits per heavy atom. The number of hydrogen-bond acceptors (Lipinski definition) is 6. The first-order chi connectivity index (χ1) is 9.76. The molecule has 0 N–H and O–H groups in total. The van der Waals surface area contributed by atoms with E-state index in [2.05, 4.69) is 11.7 Å². The molecule has 0 spiro atoms. The predicted molar refractivity (Wildman–Crippen MR) is 76.7 cm³/mol. The second-order valence-corrected chi connectivity index (χ2v) is 5.74. The summed E-state index contributed by atoms with van der Waals surface area (Å²) in [6.45, 7) is 8.61. The van der Waals surface area contributed by atoms with Crippen molar-refractivity contribution < 1.29 is 24.0 Å². The molecule has 0 heterocycles. The van der Waals surface area contributed by atoms with E-state index in [0.717, 1.165) is 0 Å². The Bertz CT molecular complexity index is 492. The van der Waals surface area contributed by atoms with Crippen LogP contribution in [0.1, 0.15) is 27.2 Å². The molecule has 0 aromatic carbocycles. The summed E-state index contributed by atoms with van der Waals surface area (Å²) in [6.07, 6.45) is 1.61. The SMILES string of the molecule is C=CCO/N=C(\C)C1C(=O)CC(C)(C)C(C(=O)OC)C1=O. The van der Waals surface area contributed by atoms with E-state index in [9.17, 15) is 14.4 Å². The van der Waals surface area contributed by atoms with Crippen LogP contribution in [0.4, 0.5) is 0 Å². The highest BCUT2D eigenvalue weighted by Gasteiger charge is 2.52. The Labute approximate surface area is 124 Å². The fraction of sp³-hybridized carbons (Fsp3) is 0.600. The third kappa shape index (κ3) is 3.56. The van der Waals surface area contributed by atoms with Crippen molar-refractivity contribution in [1.82, 2.24) is 0 Å². The van der Waals surface area contributed by atoms with E-state index in [1.165, 1.54) is 20.1 Å². The number of carbonyl (C=O) groups excluding carboxylic acids is 3. The van der Waals surface area contributed by atoms with Gasteiger partial charge in [0.15, 0.2) is 5.78 Å². The van der Waals surface area contributed by atoms with Crippen molar-refractivity contribution in [3.05, 3.63) is 12.7 Å². The number of rotatable bonds is 5. The van der Waals surface area contributed by atoms with Gasteiger partial charge < -0.3 is 9.57 Å². The molecule has 0 aromatic heterocycles. The first kappa shape index (κ1) is 17.1. The van der Waals surface area contributed by atoms with Crippen molar-refractivity contribution in [3.63, 3.8) is 0 Å². The molecule has 0 bridgehead atoms. The lowest BCUT2D eigenvalue weighted by Crippen LogP contribution is -2.51. The van der Waals surface area contributed by atoms with Crippen LogP contribution in [-0.2, 0) is 24.0 Å². The second-order valence-electron chi connectivity index (χ2n) is 5.74. The molecule has 1 saturated carbocycles. The minimum absolute atomic E-state index is 0.109. The highest BCUT2D eigenvalue weighted by molar-refractivity contribution is 6.25. The molecule has 6 nitrogen and oxygen atoms in total. The summed E-state index contributed by atoms with van der Waals surface area (Å²) >= 11 is 0.